The number of aliphatic imine (C=N–C) groups is 1. The molecule has 0 saturated heterocycles. The number of hydrogen-bond donors (Lipinski definition) is 0. The van der Waals surface area contributed by atoms with E-state index in [1.807, 2.05) is 50.5 Å². The van der Waals surface area contributed by atoms with Gasteiger partial charge in [-0.1, -0.05) is 23.3 Å². The third-order valence-electron chi connectivity index (χ3n) is 4.29. The maximum absolute atomic E-state index is 5.45. The number of aromatic nitrogens is 4. The molecule has 0 saturated carbocycles. The molecule has 0 aliphatic rings. The van der Waals surface area contributed by atoms with Crippen LogP contribution >= 0.6 is 0 Å². The Balaban J connectivity index is 2.19. The second-order valence-corrected chi connectivity index (χ2v) is 5.81. The van der Waals surface area contributed by atoms with Gasteiger partial charge in [0.15, 0.2) is 5.65 Å². The SMILES string of the molecule is C#Cc1ccc(/C(C)=C(/C(C)=NC)c2cnc3c(c2)nnn3C)cc1. The summed E-state index contributed by atoms with van der Waals surface area (Å²) in [7, 11) is 3.62. The van der Waals surface area contributed by atoms with Crippen molar-refractivity contribution in [2.24, 2.45) is 12.0 Å². The molecule has 25 heavy (non-hydrogen) atoms. The lowest BCUT2D eigenvalue weighted by Crippen LogP contribution is -2.02. The maximum atomic E-state index is 5.45. The van der Waals surface area contributed by atoms with Crippen LogP contribution in [0, 0.1) is 12.3 Å². The highest BCUT2D eigenvalue weighted by atomic mass is 15.4. The Kier molecular flexibility index (Phi) is 4.44. The van der Waals surface area contributed by atoms with Crippen molar-refractivity contribution in [1.82, 2.24) is 20.0 Å². The van der Waals surface area contributed by atoms with E-state index in [0.717, 1.165) is 44.7 Å². The minimum atomic E-state index is 0.755. The van der Waals surface area contributed by atoms with Crippen molar-refractivity contribution < 1.29 is 0 Å². The minimum absolute atomic E-state index is 0.755. The summed E-state index contributed by atoms with van der Waals surface area (Å²) in [6, 6.07) is 9.94. The van der Waals surface area contributed by atoms with Crippen molar-refractivity contribution in [1.29, 1.82) is 0 Å². The summed E-state index contributed by atoms with van der Waals surface area (Å²) in [6.07, 6.45) is 7.29. The second-order valence-electron chi connectivity index (χ2n) is 5.81. The van der Waals surface area contributed by atoms with E-state index < -0.39 is 0 Å². The normalized spacial score (nSPS) is 12.8. The number of rotatable bonds is 3. The first kappa shape index (κ1) is 16.6. The number of fused-ring (bicyclic) bond motifs is 1. The van der Waals surface area contributed by atoms with E-state index in [9.17, 15) is 0 Å². The van der Waals surface area contributed by atoms with E-state index in [1.165, 1.54) is 0 Å². The lowest BCUT2D eigenvalue weighted by atomic mass is 9.93. The number of benzene rings is 1. The minimum Gasteiger partial charge on any atom is -0.293 e. The summed E-state index contributed by atoms with van der Waals surface area (Å²) < 4.78 is 1.66. The van der Waals surface area contributed by atoms with Crippen molar-refractivity contribution >= 4 is 28.0 Å². The zero-order valence-corrected chi connectivity index (χ0v) is 14.8. The summed E-state index contributed by atoms with van der Waals surface area (Å²) in [5.41, 5.74) is 7.52. The predicted octanol–water partition coefficient (Wildman–Crippen LogP) is 3.37. The summed E-state index contributed by atoms with van der Waals surface area (Å²) in [4.78, 5) is 8.89. The molecule has 1 aromatic carbocycles. The van der Waals surface area contributed by atoms with Gasteiger partial charge in [0, 0.05) is 42.7 Å². The molecule has 0 amide bonds. The molecule has 2 heterocycles. The van der Waals surface area contributed by atoms with Crippen LogP contribution in [0.15, 0.2) is 41.5 Å². The Morgan fingerprint density at radius 2 is 1.88 bits per heavy atom. The van der Waals surface area contributed by atoms with E-state index in [4.69, 9.17) is 6.42 Å². The number of hydrogen-bond acceptors (Lipinski definition) is 4. The molecule has 5 heteroatoms. The van der Waals surface area contributed by atoms with Gasteiger partial charge in [0.2, 0.25) is 0 Å². The number of pyridine rings is 1. The summed E-state index contributed by atoms with van der Waals surface area (Å²) >= 11 is 0. The third kappa shape index (κ3) is 3.07. The Hall–Kier alpha value is -3.26. The molecule has 0 atom stereocenters. The van der Waals surface area contributed by atoms with Gasteiger partial charge in [-0.3, -0.25) is 4.99 Å². The molecule has 0 aliphatic carbocycles. The lowest BCUT2D eigenvalue weighted by molar-refractivity contribution is 0.730. The molecule has 2 aromatic heterocycles. The second kappa shape index (κ2) is 6.70. The number of allylic oxidation sites excluding steroid dienone is 2. The van der Waals surface area contributed by atoms with Gasteiger partial charge in [0.05, 0.1) is 0 Å². The fraction of sp³-hybridized carbons (Fsp3) is 0.200. The van der Waals surface area contributed by atoms with E-state index >= 15 is 0 Å². The topological polar surface area (TPSA) is 56.0 Å². The van der Waals surface area contributed by atoms with Crippen molar-refractivity contribution in [2.75, 3.05) is 7.05 Å². The smallest absolute Gasteiger partial charge is 0.178 e. The molecule has 124 valence electrons. The molecule has 0 unspecified atom stereocenters. The predicted molar refractivity (Wildman–Crippen MR) is 102 cm³/mol. The molecule has 0 fully saturated rings. The lowest BCUT2D eigenvalue weighted by Gasteiger charge is -2.13. The number of aryl methyl sites for hydroxylation is 1. The molecule has 3 aromatic rings. The molecular formula is C20H19N5. The average Bonchev–Trinajstić information content (AvgIpc) is 3.02. The van der Waals surface area contributed by atoms with Gasteiger partial charge in [-0.2, -0.15) is 0 Å². The van der Waals surface area contributed by atoms with E-state index in [0.29, 0.717) is 0 Å². The Labute approximate surface area is 147 Å². The highest BCUT2D eigenvalue weighted by molar-refractivity contribution is 6.29. The van der Waals surface area contributed by atoms with Gasteiger partial charge in [-0.05, 0) is 43.2 Å². The number of nitrogens with zero attached hydrogens (tertiary/aromatic N) is 5. The van der Waals surface area contributed by atoms with Crippen LogP contribution in [-0.2, 0) is 7.05 Å². The first-order valence-electron chi connectivity index (χ1n) is 7.92. The van der Waals surface area contributed by atoms with E-state index in [1.54, 1.807) is 11.7 Å². The van der Waals surface area contributed by atoms with Crippen molar-refractivity contribution in [3.8, 4) is 12.3 Å². The Morgan fingerprint density at radius 3 is 2.52 bits per heavy atom. The standard InChI is InChI=1S/C20H19N5/c1-6-15-7-9-16(10-8-15)13(2)19(14(3)21-4)17-11-18-20(22-12-17)25(5)24-23-18/h1,7-12H,2-5H3/b19-13-,21-14?. The van der Waals surface area contributed by atoms with Crippen LogP contribution in [0.25, 0.3) is 22.3 Å². The summed E-state index contributed by atoms with van der Waals surface area (Å²) in [5.74, 6) is 2.64. The molecule has 0 N–H and O–H groups in total. The maximum Gasteiger partial charge on any atom is 0.178 e. The monoisotopic (exact) mass is 329 g/mol. The van der Waals surface area contributed by atoms with Crippen molar-refractivity contribution in [2.45, 2.75) is 13.8 Å². The van der Waals surface area contributed by atoms with Gasteiger partial charge >= 0.3 is 0 Å². The summed E-state index contributed by atoms with van der Waals surface area (Å²) in [5, 5.41) is 8.19. The highest BCUT2D eigenvalue weighted by Gasteiger charge is 2.14. The molecule has 3 rings (SSSR count). The fourth-order valence-electron chi connectivity index (χ4n) is 2.83. The van der Waals surface area contributed by atoms with Crippen LogP contribution in [0.4, 0.5) is 0 Å². The zero-order chi connectivity index (χ0) is 18.0. The van der Waals surface area contributed by atoms with Crippen LogP contribution < -0.4 is 0 Å². The molecule has 0 spiro atoms. The van der Waals surface area contributed by atoms with Crippen LogP contribution in [0.1, 0.15) is 30.5 Å². The van der Waals surface area contributed by atoms with Crippen molar-refractivity contribution in [3.05, 3.63) is 53.2 Å². The Bertz CT molecular complexity index is 1030. The largest absolute Gasteiger partial charge is 0.293 e. The average molecular weight is 329 g/mol. The number of terminal acetylenes is 1. The Morgan fingerprint density at radius 1 is 1.16 bits per heavy atom. The third-order valence-corrected chi connectivity index (χ3v) is 4.29. The zero-order valence-electron chi connectivity index (χ0n) is 14.8. The fourth-order valence-corrected chi connectivity index (χ4v) is 2.83. The van der Waals surface area contributed by atoms with Crippen molar-refractivity contribution in [3.63, 3.8) is 0 Å². The molecule has 5 nitrogen and oxygen atoms in total. The van der Waals surface area contributed by atoms with Crippen LogP contribution in [0.5, 0.6) is 0 Å². The van der Waals surface area contributed by atoms with E-state index in [-0.39, 0.29) is 0 Å². The molecule has 0 bridgehead atoms. The first-order chi connectivity index (χ1) is 12.0. The van der Waals surface area contributed by atoms with Gasteiger partial charge in [0.25, 0.3) is 0 Å². The molecular weight excluding hydrogens is 310 g/mol. The quantitative estimate of drug-likeness (QED) is 0.547. The molecule has 0 radical (unpaired) electrons. The van der Waals surface area contributed by atoms with E-state index in [2.05, 4.69) is 33.1 Å². The van der Waals surface area contributed by atoms with Gasteiger partial charge in [0.1, 0.15) is 5.52 Å². The van der Waals surface area contributed by atoms with Gasteiger partial charge < -0.3 is 0 Å². The van der Waals surface area contributed by atoms with Gasteiger partial charge in [-0.15, -0.1) is 11.5 Å². The first-order valence-corrected chi connectivity index (χ1v) is 7.92. The van der Waals surface area contributed by atoms with Crippen LogP contribution in [-0.4, -0.2) is 32.7 Å². The van der Waals surface area contributed by atoms with Crippen LogP contribution in [0.2, 0.25) is 0 Å². The molecule has 0 aliphatic heterocycles. The van der Waals surface area contributed by atoms with Gasteiger partial charge in [-0.25, -0.2) is 9.67 Å². The summed E-state index contributed by atoms with van der Waals surface area (Å²) in [6.45, 7) is 4.07. The highest BCUT2D eigenvalue weighted by Crippen LogP contribution is 2.28. The van der Waals surface area contributed by atoms with Crippen LogP contribution in [0.3, 0.4) is 0 Å².